The van der Waals surface area contributed by atoms with E-state index in [1.54, 1.807) is 17.4 Å². The van der Waals surface area contributed by atoms with Crippen LogP contribution in [0.15, 0.2) is 53.9 Å². The van der Waals surface area contributed by atoms with Gasteiger partial charge in [-0.15, -0.1) is 11.3 Å². The molecule has 0 bridgehead atoms. The zero-order chi connectivity index (χ0) is 22.3. The molecule has 3 aromatic rings. The SMILES string of the molecule is C[C@@H]1C[C@]2(CCC(=O)N2c2cccc(F)c2)CCN1Cc1nc(-c2cccc(Cl)c2)cs1. The fourth-order valence-electron chi connectivity index (χ4n) is 5.22. The lowest BCUT2D eigenvalue weighted by Gasteiger charge is -2.48. The van der Waals surface area contributed by atoms with Gasteiger partial charge in [0, 0.05) is 40.7 Å². The van der Waals surface area contributed by atoms with Crippen LogP contribution in [0.3, 0.4) is 0 Å². The summed E-state index contributed by atoms with van der Waals surface area (Å²) in [7, 11) is 0. The second-order valence-corrected chi connectivity index (χ2v) is 10.2. The van der Waals surface area contributed by atoms with Gasteiger partial charge in [0.05, 0.1) is 17.8 Å². The highest BCUT2D eigenvalue weighted by Gasteiger charge is 2.49. The van der Waals surface area contributed by atoms with Crippen molar-refractivity contribution in [1.82, 2.24) is 9.88 Å². The van der Waals surface area contributed by atoms with E-state index in [1.807, 2.05) is 35.2 Å². The number of nitrogens with zero attached hydrogens (tertiary/aromatic N) is 3. The quantitative estimate of drug-likeness (QED) is 0.459. The summed E-state index contributed by atoms with van der Waals surface area (Å²) in [5.41, 5.74) is 2.43. The van der Waals surface area contributed by atoms with Crippen LogP contribution < -0.4 is 4.90 Å². The van der Waals surface area contributed by atoms with Gasteiger partial charge in [0.2, 0.25) is 5.91 Å². The van der Waals surface area contributed by atoms with E-state index < -0.39 is 0 Å². The molecular formula is C25H25ClFN3OS. The number of likely N-dealkylation sites (tertiary alicyclic amines) is 1. The van der Waals surface area contributed by atoms with Crippen LogP contribution in [0.25, 0.3) is 11.3 Å². The first-order valence-corrected chi connectivity index (χ1v) is 12.2. The minimum atomic E-state index is -0.304. The van der Waals surface area contributed by atoms with Crippen LogP contribution in [0.1, 0.15) is 37.6 Å². The Bertz CT molecular complexity index is 1150. The summed E-state index contributed by atoms with van der Waals surface area (Å²) in [6.07, 6.45) is 3.11. The fourth-order valence-corrected chi connectivity index (χ4v) is 6.23. The number of thiazole rings is 1. The predicted octanol–water partition coefficient (Wildman–Crippen LogP) is 6.15. The van der Waals surface area contributed by atoms with Crippen molar-refractivity contribution in [3.63, 3.8) is 0 Å². The van der Waals surface area contributed by atoms with Gasteiger partial charge in [0.25, 0.3) is 0 Å². The van der Waals surface area contributed by atoms with E-state index in [0.717, 1.165) is 48.6 Å². The largest absolute Gasteiger partial charge is 0.306 e. The monoisotopic (exact) mass is 469 g/mol. The number of anilines is 1. The highest BCUT2D eigenvalue weighted by Crippen LogP contribution is 2.44. The first-order chi connectivity index (χ1) is 15.4. The lowest BCUT2D eigenvalue weighted by atomic mass is 9.81. The lowest BCUT2D eigenvalue weighted by Crippen LogP contribution is -2.56. The molecule has 3 heterocycles. The van der Waals surface area contributed by atoms with Gasteiger partial charge in [-0.2, -0.15) is 0 Å². The van der Waals surface area contributed by atoms with Gasteiger partial charge in [-0.05, 0) is 56.5 Å². The summed E-state index contributed by atoms with van der Waals surface area (Å²) in [6, 6.07) is 14.5. The molecule has 2 atom stereocenters. The van der Waals surface area contributed by atoms with E-state index in [-0.39, 0.29) is 17.3 Å². The first-order valence-electron chi connectivity index (χ1n) is 11.0. The molecule has 166 valence electrons. The smallest absolute Gasteiger partial charge is 0.227 e. The summed E-state index contributed by atoms with van der Waals surface area (Å²) >= 11 is 7.80. The van der Waals surface area contributed by atoms with E-state index in [4.69, 9.17) is 16.6 Å². The Kier molecular flexibility index (Phi) is 5.78. The van der Waals surface area contributed by atoms with Gasteiger partial charge < -0.3 is 4.90 Å². The molecule has 1 aromatic heterocycles. The third kappa shape index (κ3) is 4.07. The minimum Gasteiger partial charge on any atom is -0.306 e. The predicted molar refractivity (Wildman–Crippen MR) is 128 cm³/mol. The first kappa shape index (κ1) is 21.6. The van der Waals surface area contributed by atoms with Gasteiger partial charge in [0.1, 0.15) is 10.8 Å². The van der Waals surface area contributed by atoms with Crippen molar-refractivity contribution in [2.24, 2.45) is 0 Å². The summed E-state index contributed by atoms with van der Waals surface area (Å²) in [6.45, 7) is 3.89. The number of hydrogen-bond acceptors (Lipinski definition) is 4. The average Bonchev–Trinajstić information content (AvgIpc) is 3.35. The Hall–Kier alpha value is -2.28. The van der Waals surface area contributed by atoms with Gasteiger partial charge in [-0.25, -0.2) is 9.37 Å². The van der Waals surface area contributed by atoms with Gasteiger partial charge >= 0.3 is 0 Å². The molecule has 4 nitrogen and oxygen atoms in total. The molecule has 2 aliphatic rings. The summed E-state index contributed by atoms with van der Waals surface area (Å²) in [5.74, 6) is -0.204. The number of rotatable bonds is 4. The van der Waals surface area contributed by atoms with Crippen molar-refractivity contribution < 1.29 is 9.18 Å². The number of carbonyl (C=O) groups is 1. The molecule has 0 saturated carbocycles. The molecule has 1 amide bonds. The van der Waals surface area contributed by atoms with E-state index >= 15 is 0 Å². The highest BCUT2D eigenvalue weighted by molar-refractivity contribution is 7.09. The zero-order valence-electron chi connectivity index (χ0n) is 17.9. The molecule has 0 N–H and O–H groups in total. The Balaban J connectivity index is 1.31. The number of amides is 1. The summed E-state index contributed by atoms with van der Waals surface area (Å²) in [5, 5.41) is 3.87. The van der Waals surface area contributed by atoms with Crippen LogP contribution in [-0.2, 0) is 11.3 Å². The maximum absolute atomic E-state index is 13.9. The standard InChI is InChI=1S/C25H25ClFN3OS/c1-17-14-25(9-8-24(31)30(25)21-7-3-6-20(27)13-21)10-11-29(17)15-23-28-22(16-32-23)18-4-2-5-19(26)12-18/h2-7,12-13,16-17H,8-11,14-15H2,1H3/t17-,25+/m1/s1. The molecular weight excluding hydrogens is 445 g/mol. The van der Waals surface area contributed by atoms with E-state index in [0.29, 0.717) is 23.2 Å². The van der Waals surface area contributed by atoms with Crippen molar-refractivity contribution in [3.8, 4) is 11.3 Å². The van der Waals surface area contributed by atoms with Crippen LogP contribution in [0, 0.1) is 5.82 Å². The maximum Gasteiger partial charge on any atom is 0.227 e. The third-order valence-corrected chi connectivity index (χ3v) is 7.84. The average molecular weight is 470 g/mol. The number of piperidine rings is 1. The maximum atomic E-state index is 13.9. The Morgan fingerprint density at radius 3 is 2.84 bits per heavy atom. The lowest BCUT2D eigenvalue weighted by molar-refractivity contribution is -0.117. The third-order valence-electron chi connectivity index (χ3n) is 6.77. The van der Waals surface area contributed by atoms with Crippen LogP contribution in [0.5, 0.6) is 0 Å². The minimum absolute atomic E-state index is 0.0994. The van der Waals surface area contributed by atoms with Crippen molar-refractivity contribution in [3.05, 3.63) is 69.8 Å². The van der Waals surface area contributed by atoms with Gasteiger partial charge in [0.15, 0.2) is 0 Å². The van der Waals surface area contributed by atoms with Crippen LogP contribution in [-0.4, -0.2) is 33.9 Å². The van der Waals surface area contributed by atoms with Crippen molar-refractivity contribution in [2.75, 3.05) is 11.4 Å². The fraction of sp³-hybridized carbons (Fsp3) is 0.360. The van der Waals surface area contributed by atoms with Crippen molar-refractivity contribution >= 4 is 34.5 Å². The van der Waals surface area contributed by atoms with Gasteiger partial charge in [-0.3, -0.25) is 9.69 Å². The highest BCUT2D eigenvalue weighted by atomic mass is 35.5. The zero-order valence-corrected chi connectivity index (χ0v) is 19.5. The van der Waals surface area contributed by atoms with Crippen LogP contribution >= 0.6 is 22.9 Å². The normalized spacial score (nSPS) is 23.9. The van der Waals surface area contributed by atoms with E-state index in [1.165, 1.54) is 12.1 Å². The van der Waals surface area contributed by atoms with Crippen LogP contribution in [0.2, 0.25) is 5.02 Å². The molecule has 7 heteroatoms. The molecule has 1 spiro atoms. The number of hydrogen-bond donors (Lipinski definition) is 0. The molecule has 2 aliphatic heterocycles. The molecule has 0 radical (unpaired) electrons. The van der Waals surface area contributed by atoms with Crippen molar-refractivity contribution in [1.29, 1.82) is 0 Å². The number of halogens is 2. The van der Waals surface area contributed by atoms with Crippen LogP contribution in [0.4, 0.5) is 10.1 Å². The molecule has 5 rings (SSSR count). The molecule has 32 heavy (non-hydrogen) atoms. The molecule has 2 saturated heterocycles. The number of carbonyl (C=O) groups excluding carboxylic acids is 1. The Labute approximate surface area is 196 Å². The Morgan fingerprint density at radius 2 is 2.06 bits per heavy atom. The van der Waals surface area contributed by atoms with Crippen molar-refractivity contribution in [2.45, 2.75) is 50.7 Å². The molecule has 2 aromatic carbocycles. The second kappa shape index (κ2) is 8.58. The van der Waals surface area contributed by atoms with Gasteiger partial charge in [-0.1, -0.05) is 29.8 Å². The summed E-state index contributed by atoms with van der Waals surface area (Å²) in [4.78, 5) is 21.9. The van der Waals surface area contributed by atoms with E-state index in [9.17, 15) is 9.18 Å². The second-order valence-electron chi connectivity index (χ2n) is 8.84. The number of aromatic nitrogens is 1. The molecule has 0 aliphatic carbocycles. The topological polar surface area (TPSA) is 36.4 Å². The molecule has 0 unspecified atom stereocenters. The molecule has 2 fully saturated rings. The number of benzene rings is 2. The Morgan fingerprint density at radius 1 is 1.22 bits per heavy atom. The van der Waals surface area contributed by atoms with E-state index in [2.05, 4.69) is 17.2 Å². The summed E-state index contributed by atoms with van der Waals surface area (Å²) < 4.78 is 13.9.